The lowest BCUT2D eigenvalue weighted by atomic mass is 9.97. The number of unbranched alkanes of at least 4 members (excludes halogenated alkanes) is 12. The zero-order chi connectivity index (χ0) is 96.2. The van der Waals surface area contributed by atoms with Crippen LogP contribution < -0.4 is 53.2 Å². The summed E-state index contributed by atoms with van der Waals surface area (Å²) in [6, 6.07) is -3.92. The normalized spacial score (nSPS) is 27.7. The summed E-state index contributed by atoms with van der Waals surface area (Å²) < 4.78 is 97.1. The summed E-state index contributed by atoms with van der Waals surface area (Å²) in [5, 5.41) is 128. The van der Waals surface area contributed by atoms with Gasteiger partial charge in [0, 0.05) is 145 Å². The van der Waals surface area contributed by atoms with Gasteiger partial charge in [-0.25, -0.2) is 8.96 Å². The minimum Gasteiger partial charge on any atom is -0.394 e. The van der Waals surface area contributed by atoms with E-state index in [9.17, 15) is 113 Å². The molecule has 46 nitrogen and oxygen atoms in total. The summed E-state index contributed by atoms with van der Waals surface area (Å²) in [5.74, 6) is -4.56. The highest BCUT2D eigenvalue weighted by molar-refractivity contribution is 7.47. The van der Waals surface area contributed by atoms with Crippen LogP contribution in [-0.2, 0) is 114 Å². The van der Waals surface area contributed by atoms with E-state index in [0.29, 0.717) is 77.0 Å². The van der Waals surface area contributed by atoms with Gasteiger partial charge in [-0.1, -0.05) is 51.4 Å². The van der Waals surface area contributed by atoms with Crippen molar-refractivity contribution in [1.29, 1.82) is 0 Å². The average molecular weight is 1910 g/mol. The molecule has 5 fully saturated rings. The van der Waals surface area contributed by atoms with Crippen LogP contribution in [0.2, 0.25) is 0 Å². The lowest BCUT2D eigenvalue weighted by Gasteiger charge is -2.43. The predicted molar refractivity (Wildman–Crippen MR) is 458 cm³/mol. The van der Waals surface area contributed by atoms with Crippen molar-refractivity contribution < 1.29 is 174 Å². The van der Waals surface area contributed by atoms with Crippen LogP contribution in [0.25, 0.3) is 0 Å². The van der Waals surface area contributed by atoms with Crippen molar-refractivity contribution in [3.8, 4) is 0 Å². The highest BCUT2D eigenvalue weighted by Gasteiger charge is 2.51. The Labute approximate surface area is 762 Å². The molecule has 1 unspecified atom stereocenters. The molecule has 5 heterocycles. The molecule has 5 saturated heterocycles. The van der Waals surface area contributed by atoms with Gasteiger partial charge in [-0.05, 0) is 77.0 Å². The predicted octanol–water partition coefficient (Wildman–Crippen LogP) is -4.21. The lowest BCUT2D eigenvalue weighted by molar-refractivity contribution is -0.270. The van der Waals surface area contributed by atoms with Crippen molar-refractivity contribution in [2.45, 2.75) is 335 Å². The fourth-order valence-electron chi connectivity index (χ4n) is 15.2. The number of β-amino-alcohol motifs (C(OH)–C–C–N with tert-alkyl or cyclic N) is 1. The molecule has 11 amide bonds. The van der Waals surface area contributed by atoms with Crippen LogP contribution >= 0.6 is 7.82 Å². The Morgan fingerprint density at radius 2 is 0.718 bits per heavy atom. The second-order valence-electron chi connectivity index (χ2n) is 33.1. The standard InChI is InChI=1S/C83H147FN11O35P/c1-51(99)91-69-75(114)72(111)56(46-96)128-81(69)123-38-18-15-24-60(103)85-32-21-35-88-63(106)29-41-120-50-59-78(121-42-30-64(107)89-36-22-33-86-61(104)25-16-19-39-124-82-70(92-52(2)100)76(115)73(112)57(47-97)129-82)79(122-43-31-65(108)90-37-23-34-87-62(105)26-17-20-40-125-83-71(93-53(3)101)77(116)74(113)58(48-98)130-83)68(84)80(127-59)94-66(109)27-13-11-9-7-5-6-8-10-12-14-28-67(110)95-45-55(102)44-54(95)49-126-131(117,118)119-4/h54-59,68-83,96-98,102,111-116H,5-50H2,1-4H3,(H,85,103)(H,86,104)(H,87,105)(H,88,106)(H,89,107)(H,90,108)(H,91,99)(H,92,100)(H,93,101)(H,94,109)(H,117,118)/t54-,55+,56+,57+,58+,59+,68+,69+,70+,71+,72-,73-,74-,75+,76+,77+,78+,79+,80+,81+,82+,83+/m0/s1. The number of likely N-dealkylation sites (tertiary alicyclic amines) is 1. The molecule has 0 aliphatic carbocycles. The number of aliphatic hydroxyl groups excluding tert-OH is 10. The third-order valence-electron chi connectivity index (χ3n) is 22.4. The van der Waals surface area contributed by atoms with Gasteiger partial charge in [-0.2, -0.15) is 0 Å². The van der Waals surface area contributed by atoms with Crippen LogP contribution in [0.1, 0.15) is 201 Å². The third-order valence-corrected chi connectivity index (χ3v) is 23.3. The molecule has 0 spiro atoms. The number of phosphoric acid groups is 1. The molecule has 5 aliphatic rings. The number of hydrogen-bond donors (Lipinski definition) is 21. The molecule has 48 heteroatoms. The van der Waals surface area contributed by atoms with E-state index >= 15 is 4.39 Å². The summed E-state index contributed by atoms with van der Waals surface area (Å²) in [7, 11) is -3.22. The second kappa shape index (κ2) is 64.4. The topological polar surface area (TPSA) is 662 Å². The number of ether oxygens (including phenoxy) is 10. The van der Waals surface area contributed by atoms with E-state index in [-0.39, 0.29) is 173 Å². The van der Waals surface area contributed by atoms with E-state index in [2.05, 4.69) is 57.7 Å². The summed E-state index contributed by atoms with van der Waals surface area (Å²) in [6.07, 6.45) is -13.6. The summed E-state index contributed by atoms with van der Waals surface area (Å²) in [6.45, 7) is 1.45. The fourth-order valence-corrected chi connectivity index (χ4v) is 15.6. The monoisotopic (exact) mass is 1910 g/mol. The highest BCUT2D eigenvalue weighted by atomic mass is 31.2. The Kier molecular flexibility index (Phi) is 56.5. The largest absolute Gasteiger partial charge is 0.471 e. The Balaban J connectivity index is 1.14. The first-order valence-corrected chi connectivity index (χ1v) is 47.2. The summed E-state index contributed by atoms with van der Waals surface area (Å²) in [4.78, 5) is 151. The first kappa shape index (κ1) is 115. The van der Waals surface area contributed by atoms with Gasteiger partial charge in [0.1, 0.15) is 91.4 Å². The molecule has 0 aromatic rings. The number of amides is 11. The van der Waals surface area contributed by atoms with Crippen LogP contribution in [0, 0.1) is 0 Å². The molecule has 756 valence electrons. The van der Waals surface area contributed by atoms with E-state index in [1.54, 1.807) is 0 Å². The van der Waals surface area contributed by atoms with Gasteiger partial charge in [0.05, 0.1) is 65.0 Å². The number of carbonyl (C=O) groups excluding carboxylic acids is 11. The number of hydrogen-bond acceptors (Lipinski definition) is 34. The zero-order valence-electron chi connectivity index (χ0n) is 75.7. The molecule has 5 aliphatic heterocycles. The van der Waals surface area contributed by atoms with E-state index in [4.69, 9.17) is 51.9 Å². The quantitative estimate of drug-likeness (QED) is 0.0203. The Bertz CT molecular complexity index is 3420. The van der Waals surface area contributed by atoms with Crippen molar-refractivity contribution in [1.82, 2.24) is 58.1 Å². The maximum absolute atomic E-state index is 17.3. The molecule has 0 saturated carbocycles. The van der Waals surface area contributed by atoms with Gasteiger partial charge >= 0.3 is 7.82 Å². The van der Waals surface area contributed by atoms with Crippen LogP contribution in [-0.4, -0.2) is 386 Å². The van der Waals surface area contributed by atoms with Crippen LogP contribution in [0.15, 0.2) is 0 Å². The van der Waals surface area contributed by atoms with Crippen LogP contribution in [0.4, 0.5) is 4.39 Å². The number of alkyl halides is 1. The molecule has 0 aromatic heterocycles. The molecule has 0 radical (unpaired) electrons. The number of rotatable bonds is 67. The van der Waals surface area contributed by atoms with Gasteiger partial charge in [0.25, 0.3) is 0 Å². The molecule has 131 heavy (non-hydrogen) atoms. The molecule has 5 rings (SSSR count). The zero-order valence-corrected chi connectivity index (χ0v) is 76.6. The van der Waals surface area contributed by atoms with Gasteiger partial charge in [-0.3, -0.25) is 61.8 Å². The van der Waals surface area contributed by atoms with Crippen molar-refractivity contribution in [3.63, 3.8) is 0 Å². The lowest BCUT2D eigenvalue weighted by Crippen LogP contribution is -2.64. The van der Waals surface area contributed by atoms with E-state index in [1.165, 1.54) is 25.7 Å². The number of nitrogens with zero attached hydrogens (tertiary/aromatic N) is 1. The van der Waals surface area contributed by atoms with Gasteiger partial charge < -0.3 is 161 Å². The number of phosphoric ester groups is 1. The second-order valence-corrected chi connectivity index (χ2v) is 34.7. The molecule has 23 atom stereocenters. The SMILES string of the molecule is COP(=O)(O)OC[C@@H]1C[C@@H](O)CN1C(=O)CCCCCCCCCCCCC(=O)N[C@@H]1O[C@H](COCCC(=O)NCCCNC(=O)CCCCO[C@@H]2O[C@H](CO)[C@H](O)[C@H](O)[C@H]2NC(C)=O)[C@@H](OCCC(=O)NCCCNC(=O)CCCCO[C@@H]2O[C@H](CO)[C@H](O)[C@H](O)[C@H]2NC(C)=O)[C@H](OCCC(=O)NCCCNC(=O)CCCCO[C@@H]2O[C@H](CO)[C@H](O)[C@H](O)[C@H]2NC(C)=O)[C@H]1F. The maximum Gasteiger partial charge on any atom is 0.471 e. The highest BCUT2D eigenvalue weighted by Crippen LogP contribution is 2.43. The number of nitrogens with one attached hydrogen (secondary N) is 10. The van der Waals surface area contributed by atoms with Crippen LogP contribution in [0.5, 0.6) is 0 Å². The minimum atomic E-state index is -4.26. The average Bonchev–Trinajstić information content (AvgIpc) is 1.74. The van der Waals surface area contributed by atoms with Gasteiger partial charge in [-0.15, -0.1) is 0 Å². The summed E-state index contributed by atoms with van der Waals surface area (Å²) in [5.41, 5.74) is 0. The molecule has 21 N–H and O–H groups in total. The van der Waals surface area contributed by atoms with Gasteiger partial charge in [0.15, 0.2) is 31.3 Å². The minimum absolute atomic E-state index is 0.00733. The Hall–Kier alpha value is -6.59. The maximum atomic E-state index is 17.3. The van der Waals surface area contributed by atoms with Crippen molar-refractivity contribution in [3.05, 3.63) is 0 Å². The smallest absolute Gasteiger partial charge is 0.394 e. The van der Waals surface area contributed by atoms with Crippen molar-refractivity contribution in [2.75, 3.05) is 126 Å². The molecular weight excluding hydrogens is 1760 g/mol. The Morgan fingerprint density at radius 3 is 1.08 bits per heavy atom. The number of halogens is 1. The van der Waals surface area contributed by atoms with Gasteiger partial charge in [0.2, 0.25) is 65.0 Å². The van der Waals surface area contributed by atoms with Crippen LogP contribution in [0.3, 0.4) is 0 Å². The molecule has 0 bridgehead atoms. The first-order valence-electron chi connectivity index (χ1n) is 45.8. The van der Waals surface area contributed by atoms with E-state index in [1.807, 2.05) is 0 Å². The molecular formula is C83H147FN11O35P. The number of carbonyl (C=O) groups is 11. The molecule has 0 aromatic carbocycles. The number of aliphatic hydroxyl groups is 10. The van der Waals surface area contributed by atoms with Crippen molar-refractivity contribution in [2.24, 2.45) is 0 Å². The third kappa shape index (κ3) is 44.4. The Morgan fingerprint density at radius 1 is 0.382 bits per heavy atom. The summed E-state index contributed by atoms with van der Waals surface area (Å²) >= 11 is 0. The van der Waals surface area contributed by atoms with E-state index in [0.717, 1.165) is 52.1 Å². The van der Waals surface area contributed by atoms with E-state index < -0.39 is 210 Å². The first-order chi connectivity index (χ1) is 62.7. The fraction of sp³-hybridized carbons (Fsp3) is 0.867. The van der Waals surface area contributed by atoms with Crippen molar-refractivity contribution >= 4 is 72.8 Å².